The van der Waals surface area contributed by atoms with Crippen LogP contribution in [0.4, 0.5) is 0 Å². The highest BCUT2D eigenvalue weighted by molar-refractivity contribution is 6.31. The van der Waals surface area contributed by atoms with Crippen LogP contribution < -0.4 is 0 Å². The molecule has 0 aliphatic rings. The van der Waals surface area contributed by atoms with E-state index >= 15 is 0 Å². The minimum Gasteiger partial charge on any atom is -0.351 e. The Balaban J connectivity index is 1.88. The second-order valence-corrected chi connectivity index (χ2v) is 5.90. The van der Waals surface area contributed by atoms with Gasteiger partial charge in [-0.05, 0) is 30.3 Å². The normalized spacial score (nSPS) is 11.8. The lowest BCUT2D eigenvalue weighted by Gasteiger charge is -2.05. The molecule has 0 aliphatic carbocycles. The van der Waals surface area contributed by atoms with E-state index in [0.717, 1.165) is 16.7 Å². The minimum absolute atomic E-state index is 0.0548. The van der Waals surface area contributed by atoms with Crippen molar-refractivity contribution in [1.29, 1.82) is 0 Å². The zero-order valence-corrected chi connectivity index (χ0v) is 13.8. The molecule has 0 aliphatic heterocycles. The third-order valence-corrected chi connectivity index (χ3v) is 4.20. The smallest absolute Gasteiger partial charge is 0.196 e. The molecule has 0 saturated carbocycles. The first-order valence-electron chi connectivity index (χ1n) is 8.10. The number of Topliss-reactive ketones (excluding diaryl/α,β-unsaturated/α-hetero) is 1. The number of H-pyrrole nitrogens is 1. The van der Waals surface area contributed by atoms with E-state index in [1.807, 2.05) is 90.6 Å². The molecule has 122 valence electrons. The molecule has 0 bridgehead atoms. The van der Waals surface area contributed by atoms with E-state index < -0.39 is 0 Å². The van der Waals surface area contributed by atoms with Crippen molar-refractivity contribution in [2.45, 2.75) is 0 Å². The van der Waals surface area contributed by atoms with Crippen LogP contribution in [0.2, 0.25) is 0 Å². The standard InChI is InChI=1S/C21H17N3O/c1-24-13-7-10-16(24)14-17(20(25)15-8-3-2-4-9-15)21-22-18-11-5-6-12-19(18)23-21/h2-14H,1H3,(H,22,23)/b17-14+. The molecule has 0 unspecified atom stereocenters. The summed E-state index contributed by atoms with van der Waals surface area (Å²) in [6.07, 6.45) is 3.84. The lowest BCUT2D eigenvalue weighted by molar-refractivity contribution is 0.105. The van der Waals surface area contributed by atoms with Gasteiger partial charge >= 0.3 is 0 Å². The number of aromatic amines is 1. The Morgan fingerprint density at radius 1 is 1.00 bits per heavy atom. The highest BCUT2D eigenvalue weighted by Crippen LogP contribution is 2.23. The van der Waals surface area contributed by atoms with Crippen molar-refractivity contribution >= 4 is 28.5 Å². The van der Waals surface area contributed by atoms with Crippen LogP contribution in [0.5, 0.6) is 0 Å². The van der Waals surface area contributed by atoms with Crippen LogP contribution in [0.25, 0.3) is 22.7 Å². The summed E-state index contributed by atoms with van der Waals surface area (Å²) in [5.74, 6) is 0.525. The van der Waals surface area contributed by atoms with E-state index in [1.54, 1.807) is 0 Å². The molecule has 0 spiro atoms. The number of fused-ring (bicyclic) bond motifs is 1. The Morgan fingerprint density at radius 3 is 2.48 bits per heavy atom. The van der Waals surface area contributed by atoms with Crippen LogP contribution in [0.15, 0.2) is 72.9 Å². The minimum atomic E-state index is -0.0548. The van der Waals surface area contributed by atoms with Gasteiger partial charge in [0.1, 0.15) is 5.82 Å². The summed E-state index contributed by atoms with van der Waals surface area (Å²) >= 11 is 0. The summed E-state index contributed by atoms with van der Waals surface area (Å²) in [7, 11) is 1.95. The summed E-state index contributed by atoms with van der Waals surface area (Å²) in [4.78, 5) is 21.0. The van der Waals surface area contributed by atoms with Crippen LogP contribution in [-0.2, 0) is 7.05 Å². The van der Waals surface area contributed by atoms with Gasteiger partial charge < -0.3 is 9.55 Å². The maximum atomic E-state index is 13.1. The van der Waals surface area contributed by atoms with E-state index in [9.17, 15) is 4.79 Å². The Hall–Kier alpha value is -3.40. The number of carbonyl (C=O) groups is 1. The van der Waals surface area contributed by atoms with E-state index in [1.165, 1.54) is 0 Å². The number of aromatic nitrogens is 3. The fourth-order valence-electron chi connectivity index (χ4n) is 2.84. The van der Waals surface area contributed by atoms with Gasteiger partial charge in [0, 0.05) is 24.5 Å². The number of aryl methyl sites for hydroxylation is 1. The number of imidazole rings is 1. The van der Waals surface area contributed by atoms with Gasteiger partial charge in [-0.3, -0.25) is 4.79 Å². The first kappa shape index (κ1) is 15.1. The molecular formula is C21H17N3O. The van der Waals surface area contributed by atoms with E-state index in [2.05, 4.69) is 9.97 Å². The van der Waals surface area contributed by atoms with Crippen molar-refractivity contribution in [3.05, 3.63) is 90.0 Å². The van der Waals surface area contributed by atoms with Crippen LogP contribution in [0.1, 0.15) is 21.9 Å². The number of nitrogens with one attached hydrogen (secondary N) is 1. The number of ketones is 1. The molecule has 0 radical (unpaired) electrons. The van der Waals surface area contributed by atoms with Gasteiger partial charge in [0.2, 0.25) is 0 Å². The van der Waals surface area contributed by atoms with Gasteiger partial charge in [-0.2, -0.15) is 0 Å². The molecule has 4 aromatic rings. The maximum Gasteiger partial charge on any atom is 0.196 e. The fraction of sp³-hybridized carbons (Fsp3) is 0.0476. The quantitative estimate of drug-likeness (QED) is 0.448. The molecule has 25 heavy (non-hydrogen) atoms. The van der Waals surface area contributed by atoms with Crippen molar-refractivity contribution < 1.29 is 4.79 Å². The van der Waals surface area contributed by atoms with Gasteiger partial charge in [-0.1, -0.05) is 42.5 Å². The lowest BCUT2D eigenvalue weighted by atomic mass is 10.0. The van der Waals surface area contributed by atoms with Gasteiger partial charge in [0.05, 0.1) is 16.6 Å². The van der Waals surface area contributed by atoms with Crippen molar-refractivity contribution in [3.63, 3.8) is 0 Å². The van der Waals surface area contributed by atoms with Gasteiger partial charge in [0.25, 0.3) is 0 Å². The first-order chi connectivity index (χ1) is 12.2. The van der Waals surface area contributed by atoms with Crippen LogP contribution >= 0.6 is 0 Å². The van der Waals surface area contributed by atoms with Crippen LogP contribution in [0.3, 0.4) is 0 Å². The van der Waals surface area contributed by atoms with Crippen LogP contribution in [-0.4, -0.2) is 20.3 Å². The van der Waals surface area contributed by atoms with Crippen molar-refractivity contribution in [1.82, 2.24) is 14.5 Å². The summed E-state index contributed by atoms with van der Waals surface area (Å²) in [6, 6.07) is 21.0. The van der Waals surface area contributed by atoms with E-state index in [-0.39, 0.29) is 5.78 Å². The Kier molecular flexibility index (Phi) is 3.78. The first-order valence-corrected chi connectivity index (χ1v) is 8.10. The number of para-hydroxylation sites is 2. The molecule has 0 atom stereocenters. The number of hydrogen-bond donors (Lipinski definition) is 1. The molecule has 2 heterocycles. The van der Waals surface area contributed by atoms with Gasteiger partial charge in [0.15, 0.2) is 5.78 Å². The average Bonchev–Trinajstić information content (AvgIpc) is 3.25. The van der Waals surface area contributed by atoms with Crippen molar-refractivity contribution in [2.24, 2.45) is 7.05 Å². The highest BCUT2D eigenvalue weighted by atomic mass is 16.1. The number of nitrogens with zero attached hydrogens (tertiary/aromatic N) is 2. The summed E-state index contributed by atoms with van der Waals surface area (Å²) in [6.45, 7) is 0. The number of hydrogen-bond acceptors (Lipinski definition) is 2. The fourth-order valence-corrected chi connectivity index (χ4v) is 2.84. The van der Waals surface area contributed by atoms with Gasteiger partial charge in [-0.15, -0.1) is 0 Å². The zero-order chi connectivity index (χ0) is 17.2. The molecule has 0 amide bonds. The Bertz CT molecular complexity index is 1040. The number of rotatable bonds is 4. The lowest BCUT2D eigenvalue weighted by Crippen LogP contribution is -2.05. The second kappa shape index (κ2) is 6.24. The molecule has 4 nitrogen and oxygen atoms in total. The molecule has 2 aromatic carbocycles. The Labute approximate surface area is 145 Å². The third-order valence-electron chi connectivity index (χ3n) is 4.20. The van der Waals surface area contributed by atoms with Crippen LogP contribution in [0, 0.1) is 0 Å². The monoisotopic (exact) mass is 327 g/mol. The molecular weight excluding hydrogens is 310 g/mol. The number of benzene rings is 2. The topological polar surface area (TPSA) is 50.7 Å². The summed E-state index contributed by atoms with van der Waals surface area (Å²) < 4.78 is 1.97. The largest absolute Gasteiger partial charge is 0.351 e. The molecule has 1 N–H and O–H groups in total. The molecule has 0 fully saturated rings. The number of carbonyl (C=O) groups excluding carboxylic acids is 1. The second-order valence-electron chi connectivity index (χ2n) is 5.90. The Morgan fingerprint density at radius 2 is 1.76 bits per heavy atom. The molecule has 4 heteroatoms. The highest BCUT2D eigenvalue weighted by Gasteiger charge is 2.18. The van der Waals surface area contributed by atoms with E-state index in [4.69, 9.17) is 0 Å². The predicted octanol–water partition coefficient (Wildman–Crippen LogP) is 4.32. The molecule has 0 saturated heterocycles. The predicted molar refractivity (Wildman–Crippen MR) is 100 cm³/mol. The maximum absolute atomic E-state index is 13.1. The van der Waals surface area contributed by atoms with Crippen molar-refractivity contribution in [3.8, 4) is 0 Å². The molecule has 4 rings (SSSR count). The average molecular weight is 327 g/mol. The molecule has 2 aromatic heterocycles. The SMILES string of the molecule is Cn1cccc1/C=C(\C(=O)c1ccccc1)c1nc2ccccc2[nH]1. The van der Waals surface area contributed by atoms with Gasteiger partial charge in [-0.25, -0.2) is 4.98 Å². The van der Waals surface area contributed by atoms with Crippen molar-refractivity contribution in [2.75, 3.05) is 0 Å². The van der Waals surface area contributed by atoms with E-state index in [0.29, 0.717) is 17.0 Å². The zero-order valence-electron chi connectivity index (χ0n) is 13.8. The number of allylic oxidation sites excluding steroid dienone is 1. The summed E-state index contributed by atoms with van der Waals surface area (Å²) in [5, 5.41) is 0. The third kappa shape index (κ3) is 2.90. The summed E-state index contributed by atoms with van der Waals surface area (Å²) in [5.41, 5.74) is 3.89.